The first-order valence-electron chi connectivity index (χ1n) is 2.79. The van der Waals surface area contributed by atoms with Crippen LogP contribution in [0.1, 0.15) is 13.3 Å². The van der Waals surface area contributed by atoms with E-state index in [2.05, 4.69) is 0 Å². The number of hydrogen-bond donors (Lipinski definition) is 3. The first kappa shape index (κ1) is 7.88. The first-order valence-corrected chi connectivity index (χ1v) is 2.79. The Morgan fingerprint density at radius 3 is 2.62 bits per heavy atom. The molecule has 0 saturated carbocycles. The normalized spacial score (nSPS) is 13.9. The van der Waals surface area contributed by atoms with Gasteiger partial charge in [-0.25, -0.2) is 5.48 Å². The molecule has 0 rings (SSSR count). The quantitative estimate of drug-likeness (QED) is 0.456. The highest BCUT2D eigenvalue weighted by atomic mass is 16.5. The van der Waals surface area contributed by atoms with E-state index < -0.39 is 0 Å². The SMILES string of the molecule is CC(CCO)CNO. The van der Waals surface area contributed by atoms with E-state index in [9.17, 15) is 0 Å². The van der Waals surface area contributed by atoms with E-state index in [0.29, 0.717) is 12.5 Å². The minimum Gasteiger partial charge on any atom is -0.396 e. The fourth-order valence-corrected chi connectivity index (χ4v) is 0.478. The number of aliphatic hydroxyl groups is 1. The Labute approximate surface area is 49.3 Å². The fraction of sp³-hybridized carbons (Fsp3) is 1.00. The summed E-state index contributed by atoms with van der Waals surface area (Å²) in [5.41, 5.74) is 2.04. The van der Waals surface area contributed by atoms with E-state index in [0.717, 1.165) is 6.42 Å². The summed E-state index contributed by atoms with van der Waals surface area (Å²) < 4.78 is 0. The standard InChI is InChI=1S/C5H13NO2/c1-5(2-3-7)4-6-8/h5-8H,2-4H2,1H3. The van der Waals surface area contributed by atoms with Crippen molar-refractivity contribution < 1.29 is 10.3 Å². The van der Waals surface area contributed by atoms with Crippen LogP contribution in [-0.4, -0.2) is 23.5 Å². The van der Waals surface area contributed by atoms with Crippen molar-refractivity contribution >= 4 is 0 Å². The zero-order valence-electron chi connectivity index (χ0n) is 5.09. The zero-order chi connectivity index (χ0) is 6.41. The lowest BCUT2D eigenvalue weighted by atomic mass is 10.1. The molecule has 0 aliphatic carbocycles. The van der Waals surface area contributed by atoms with Crippen molar-refractivity contribution in [2.75, 3.05) is 13.2 Å². The van der Waals surface area contributed by atoms with Gasteiger partial charge in [0.15, 0.2) is 0 Å². The van der Waals surface area contributed by atoms with Crippen molar-refractivity contribution in [1.29, 1.82) is 0 Å². The van der Waals surface area contributed by atoms with Crippen LogP contribution in [0.25, 0.3) is 0 Å². The van der Waals surface area contributed by atoms with Crippen molar-refractivity contribution in [1.82, 2.24) is 5.48 Å². The van der Waals surface area contributed by atoms with Crippen LogP contribution in [0.15, 0.2) is 0 Å². The molecule has 0 aromatic rings. The molecule has 0 aliphatic heterocycles. The summed E-state index contributed by atoms with van der Waals surface area (Å²) in [4.78, 5) is 0. The maximum absolute atomic E-state index is 8.35. The summed E-state index contributed by atoms with van der Waals surface area (Å²) in [5.74, 6) is 0.352. The van der Waals surface area contributed by atoms with E-state index in [1.165, 1.54) is 0 Å². The predicted molar refractivity (Wildman–Crippen MR) is 30.7 cm³/mol. The molecule has 0 aromatic carbocycles. The first-order chi connectivity index (χ1) is 3.81. The minimum absolute atomic E-state index is 0.197. The van der Waals surface area contributed by atoms with E-state index in [1.807, 2.05) is 12.4 Å². The molecule has 0 spiro atoms. The van der Waals surface area contributed by atoms with E-state index >= 15 is 0 Å². The fourth-order valence-electron chi connectivity index (χ4n) is 0.478. The second-order valence-corrected chi connectivity index (χ2v) is 1.98. The average Bonchev–Trinajstić information content (AvgIpc) is 1.68. The summed E-state index contributed by atoms with van der Waals surface area (Å²) >= 11 is 0. The number of nitrogens with one attached hydrogen (secondary N) is 1. The molecule has 3 nitrogen and oxygen atoms in total. The van der Waals surface area contributed by atoms with Gasteiger partial charge in [0.05, 0.1) is 0 Å². The molecule has 0 bridgehead atoms. The molecule has 0 aromatic heterocycles. The summed E-state index contributed by atoms with van der Waals surface area (Å²) in [6.45, 7) is 2.71. The lowest BCUT2D eigenvalue weighted by Crippen LogP contribution is -2.17. The lowest BCUT2D eigenvalue weighted by Gasteiger charge is -2.05. The van der Waals surface area contributed by atoms with E-state index in [4.69, 9.17) is 10.3 Å². The molecule has 0 heterocycles. The molecular formula is C5H13NO2. The lowest BCUT2D eigenvalue weighted by molar-refractivity contribution is 0.143. The molecule has 3 heteroatoms. The van der Waals surface area contributed by atoms with Crippen LogP contribution in [0.2, 0.25) is 0 Å². The Balaban J connectivity index is 2.92. The van der Waals surface area contributed by atoms with Gasteiger partial charge in [-0.2, -0.15) is 0 Å². The van der Waals surface area contributed by atoms with E-state index in [1.54, 1.807) is 0 Å². The van der Waals surface area contributed by atoms with Crippen molar-refractivity contribution in [2.24, 2.45) is 5.92 Å². The van der Waals surface area contributed by atoms with Crippen LogP contribution in [0, 0.1) is 5.92 Å². The van der Waals surface area contributed by atoms with Crippen LogP contribution < -0.4 is 5.48 Å². The second kappa shape index (κ2) is 5.03. The summed E-state index contributed by atoms with van der Waals surface area (Å²) in [6.07, 6.45) is 0.744. The number of hydrogen-bond acceptors (Lipinski definition) is 3. The van der Waals surface area contributed by atoms with Gasteiger partial charge in [0.25, 0.3) is 0 Å². The molecule has 50 valence electrons. The minimum atomic E-state index is 0.197. The predicted octanol–water partition coefficient (Wildman–Crippen LogP) is -0.0163. The molecule has 8 heavy (non-hydrogen) atoms. The van der Waals surface area contributed by atoms with Crippen LogP contribution in [0.5, 0.6) is 0 Å². The van der Waals surface area contributed by atoms with Crippen LogP contribution in [-0.2, 0) is 0 Å². The number of rotatable bonds is 4. The summed E-state index contributed by atoms with van der Waals surface area (Å²) in [6, 6.07) is 0. The molecular weight excluding hydrogens is 106 g/mol. The molecule has 0 saturated heterocycles. The summed E-state index contributed by atoms with van der Waals surface area (Å²) in [5, 5.41) is 16.5. The molecule has 1 unspecified atom stereocenters. The van der Waals surface area contributed by atoms with Crippen LogP contribution >= 0.6 is 0 Å². The van der Waals surface area contributed by atoms with Crippen molar-refractivity contribution in [2.45, 2.75) is 13.3 Å². The Morgan fingerprint density at radius 2 is 2.25 bits per heavy atom. The highest BCUT2D eigenvalue weighted by Gasteiger charge is 1.96. The average molecular weight is 119 g/mol. The third kappa shape index (κ3) is 4.05. The van der Waals surface area contributed by atoms with Gasteiger partial charge < -0.3 is 10.3 Å². The van der Waals surface area contributed by atoms with Crippen LogP contribution in [0.4, 0.5) is 0 Å². The Morgan fingerprint density at radius 1 is 1.62 bits per heavy atom. The van der Waals surface area contributed by atoms with Gasteiger partial charge >= 0.3 is 0 Å². The molecule has 0 aliphatic rings. The number of hydroxylamine groups is 1. The Kier molecular flexibility index (Phi) is 4.95. The van der Waals surface area contributed by atoms with Gasteiger partial charge in [-0.1, -0.05) is 6.92 Å². The maximum Gasteiger partial charge on any atom is 0.0434 e. The van der Waals surface area contributed by atoms with Gasteiger partial charge in [0, 0.05) is 13.2 Å². The monoisotopic (exact) mass is 119 g/mol. The van der Waals surface area contributed by atoms with Crippen molar-refractivity contribution in [3.63, 3.8) is 0 Å². The molecule has 3 N–H and O–H groups in total. The third-order valence-corrected chi connectivity index (χ3v) is 1.06. The smallest absolute Gasteiger partial charge is 0.0434 e. The van der Waals surface area contributed by atoms with Crippen molar-refractivity contribution in [3.05, 3.63) is 0 Å². The van der Waals surface area contributed by atoms with E-state index in [-0.39, 0.29) is 6.61 Å². The van der Waals surface area contributed by atoms with Gasteiger partial charge in [-0.3, -0.25) is 0 Å². The van der Waals surface area contributed by atoms with Crippen molar-refractivity contribution in [3.8, 4) is 0 Å². The van der Waals surface area contributed by atoms with Gasteiger partial charge in [0.1, 0.15) is 0 Å². The van der Waals surface area contributed by atoms with Crippen LogP contribution in [0.3, 0.4) is 0 Å². The zero-order valence-corrected chi connectivity index (χ0v) is 5.09. The third-order valence-electron chi connectivity index (χ3n) is 1.06. The largest absolute Gasteiger partial charge is 0.396 e. The highest BCUT2D eigenvalue weighted by molar-refractivity contribution is 4.50. The molecule has 1 atom stereocenters. The number of aliphatic hydroxyl groups excluding tert-OH is 1. The van der Waals surface area contributed by atoms with Gasteiger partial charge in [-0.15, -0.1) is 0 Å². The van der Waals surface area contributed by atoms with Gasteiger partial charge in [-0.05, 0) is 12.3 Å². The molecule has 0 radical (unpaired) electrons. The second-order valence-electron chi connectivity index (χ2n) is 1.98. The summed E-state index contributed by atoms with van der Waals surface area (Å²) in [7, 11) is 0. The maximum atomic E-state index is 8.35. The Bertz CT molecular complexity index is 43.7. The topological polar surface area (TPSA) is 52.5 Å². The van der Waals surface area contributed by atoms with Gasteiger partial charge in [0.2, 0.25) is 0 Å². The highest BCUT2D eigenvalue weighted by Crippen LogP contribution is 1.96. The molecule has 0 amide bonds. The Hall–Kier alpha value is -0.120. The molecule has 0 fully saturated rings.